The standard InChI is InChI=1S/C18H25N9/c1-13-21-17-14(7-6-12-27(17)25-13)22-18(19-2)20-10-5-9-16-24-23-15-8-3-4-11-26(15)16/h3-4,8,11,14H,5-7,9-10,12H2,1-2H3,(H2,19,20,22). The molecule has 1 aliphatic rings. The zero-order chi connectivity index (χ0) is 18.6. The number of aromatic nitrogens is 6. The van der Waals surface area contributed by atoms with Crippen LogP contribution in [0.3, 0.4) is 0 Å². The quantitative estimate of drug-likeness (QED) is 0.400. The summed E-state index contributed by atoms with van der Waals surface area (Å²) in [7, 11) is 1.79. The molecule has 1 atom stereocenters. The van der Waals surface area contributed by atoms with E-state index in [1.54, 1.807) is 7.05 Å². The minimum atomic E-state index is 0.145. The molecule has 0 radical (unpaired) electrons. The maximum Gasteiger partial charge on any atom is 0.191 e. The number of aliphatic imine (C=N–C) groups is 1. The third kappa shape index (κ3) is 3.76. The summed E-state index contributed by atoms with van der Waals surface area (Å²) in [6.45, 7) is 3.68. The number of nitrogens with one attached hydrogen (secondary N) is 2. The van der Waals surface area contributed by atoms with Gasteiger partial charge in [-0.25, -0.2) is 9.67 Å². The lowest BCUT2D eigenvalue weighted by molar-refractivity contribution is 0.397. The highest BCUT2D eigenvalue weighted by atomic mass is 15.4. The van der Waals surface area contributed by atoms with Crippen molar-refractivity contribution in [1.82, 2.24) is 40.0 Å². The van der Waals surface area contributed by atoms with E-state index in [1.165, 1.54) is 0 Å². The molecule has 142 valence electrons. The van der Waals surface area contributed by atoms with E-state index in [2.05, 4.69) is 35.9 Å². The first-order valence-electron chi connectivity index (χ1n) is 9.42. The van der Waals surface area contributed by atoms with Gasteiger partial charge in [-0.3, -0.25) is 9.39 Å². The molecule has 4 rings (SSSR count). The maximum absolute atomic E-state index is 4.57. The molecular formula is C18H25N9. The van der Waals surface area contributed by atoms with Gasteiger partial charge in [-0.2, -0.15) is 5.10 Å². The lowest BCUT2D eigenvalue weighted by Crippen LogP contribution is -2.42. The van der Waals surface area contributed by atoms with Crippen molar-refractivity contribution in [3.05, 3.63) is 41.9 Å². The van der Waals surface area contributed by atoms with E-state index in [9.17, 15) is 0 Å². The molecule has 1 aliphatic heterocycles. The number of hydrogen-bond donors (Lipinski definition) is 2. The molecule has 2 N–H and O–H groups in total. The minimum absolute atomic E-state index is 0.145. The predicted octanol–water partition coefficient (Wildman–Crippen LogP) is 1.26. The molecule has 9 nitrogen and oxygen atoms in total. The molecule has 0 spiro atoms. The molecule has 0 saturated carbocycles. The normalized spacial score (nSPS) is 17.1. The lowest BCUT2D eigenvalue weighted by Gasteiger charge is -2.25. The van der Waals surface area contributed by atoms with Gasteiger partial charge in [0, 0.05) is 32.8 Å². The van der Waals surface area contributed by atoms with Gasteiger partial charge in [-0.05, 0) is 38.3 Å². The van der Waals surface area contributed by atoms with Crippen molar-refractivity contribution in [2.45, 2.75) is 45.2 Å². The maximum atomic E-state index is 4.57. The summed E-state index contributed by atoms with van der Waals surface area (Å²) < 4.78 is 4.03. The number of guanidine groups is 1. The van der Waals surface area contributed by atoms with E-state index >= 15 is 0 Å². The Hall–Kier alpha value is -2.97. The van der Waals surface area contributed by atoms with Crippen molar-refractivity contribution in [2.75, 3.05) is 13.6 Å². The van der Waals surface area contributed by atoms with Crippen LogP contribution in [0, 0.1) is 6.92 Å². The van der Waals surface area contributed by atoms with Gasteiger partial charge in [0.2, 0.25) is 0 Å². The van der Waals surface area contributed by atoms with E-state index in [-0.39, 0.29) is 6.04 Å². The Morgan fingerprint density at radius 3 is 3.15 bits per heavy atom. The van der Waals surface area contributed by atoms with Crippen LogP contribution in [0.1, 0.15) is 42.8 Å². The molecule has 4 heterocycles. The van der Waals surface area contributed by atoms with Crippen LogP contribution in [0.25, 0.3) is 5.65 Å². The summed E-state index contributed by atoms with van der Waals surface area (Å²) in [6.07, 6.45) is 5.91. The highest BCUT2D eigenvalue weighted by Crippen LogP contribution is 2.22. The van der Waals surface area contributed by atoms with Gasteiger partial charge >= 0.3 is 0 Å². The first-order valence-corrected chi connectivity index (χ1v) is 9.42. The zero-order valence-corrected chi connectivity index (χ0v) is 15.8. The molecule has 9 heteroatoms. The summed E-state index contributed by atoms with van der Waals surface area (Å²) in [4.78, 5) is 8.92. The Balaban J connectivity index is 1.30. The number of pyridine rings is 1. The molecule has 1 unspecified atom stereocenters. The van der Waals surface area contributed by atoms with Crippen LogP contribution in [-0.4, -0.2) is 48.9 Å². The van der Waals surface area contributed by atoms with Gasteiger partial charge in [0.05, 0.1) is 6.04 Å². The van der Waals surface area contributed by atoms with E-state index in [4.69, 9.17) is 0 Å². The molecule has 0 aliphatic carbocycles. The molecule has 3 aromatic rings. The number of aryl methyl sites for hydroxylation is 3. The van der Waals surface area contributed by atoms with Crippen LogP contribution in [0.5, 0.6) is 0 Å². The highest BCUT2D eigenvalue weighted by molar-refractivity contribution is 5.80. The van der Waals surface area contributed by atoms with Crippen molar-refractivity contribution in [3.8, 4) is 0 Å². The average molecular weight is 367 g/mol. The smallest absolute Gasteiger partial charge is 0.191 e. The molecule has 3 aromatic heterocycles. The average Bonchev–Trinajstić information content (AvgIpc) is 3.27. The summed E-state index contributed by atoms with van der Waals surface area (Å²) in [5, 5.41) is 19.8. The first kappa shape index (κ1) is 17.4. The fourth-order valence-corrected chi connectivity index (χ4v) is 3.48. The number of hydrogen-bond acceptors (Lipinski definition) is 5. The summed E-state index contributed by atoms with van der Waals surface area (Å²) in [5.41, 5.74) is 0.884. The van der Waals surface area contributed by atoms with Gasteiger partial charge in [0.15, 0.2) is 11.6 Å². The Morgan fingerprint density at radius 2 is 2.26 bits per heavy atom. The highest BCUT2D eigenvalue weighted by Gasteiger charge is 2.24. The van der Waals surface area contributed by atoms with Crippen molar-refractivity contribution in [1.29, 1.82) is 0 Å². The summed E-state index contributed by atoms with van der Waals surface area (Å²) >= 11 is 0. The van der Waals surface area contributed by atoms with Crippen molar-refractivity contribution in [3.63, 3.8) is 0 Å². The van der Waals surface area contributed by atoms with E-state index in [0.717, 1.165) is 67.9 Å². The van der Waals surface area contributed by atoms with Crippen LogP contribution >= 0.6 is 0 Å². The Kier molecular flexibility index (Phi) is 4.99. The van der Waals surface area contributed by atoms with Crippen LogP contribution in [-0.2, 0) is 13.0 Å². The van der Waals surface area contributed by atoms with Crippen LogP contribution in [0.4, 0.5) is 0 Å². The molecule has 0 fully saturated rings. The van der Waals surface area contributed by atoms with Crippen LogP contribution in [0.2, 0.25) is 0 Å². The Morgan fingerprint density at radius 1 is 1.33 bits per heavy atom. The van der Waals surface area contributed by atoms with Gasteiger partial charge < -0.3 is 10.6 Å². The van der Waals surface area contributed by atoms with E-state index in [0.29, 0.717) is 0 Å². The van der Waals surface area contributed by atoms with Gasteiger partial charge in [0.1, 0.15) is 17.5 Å². The van der Waals surface area contributed by atoms with E-state index in [1.807, 2.05) is 40.4 Å². The Bertz CT molecular complexity index is 939. The molecule has 0 amide bonds. The number of fused-ring (bicyclic) bond motifs is 2. The molecule has 0 saturated heterocycles. The van der Waals surface area contributed by atoms with Gasteiger partial charge in [-0.1, -0.05) is 6.07 Å². The second-order valence-corrected chi connectivity index (χ2v) is 6.73. The molecular weight excluding hydrogens is 342 g/mol. The zero-order valence-electron chi connectivity index (χ0n) is 15.8. The minimum Gasteiger partial charge on any atom is -0.356 e. The monoisotopic (exact) mass is 367 g/mol. The van der Waals surface area contributed by atoms with Crippen LogP contribution < -0.4 is 10.6 Å². The second-order valence-electron chi connectivity index (χ2n) is 6.73. The molecule has 27 heavy (non-hydrogen) atoms. The molecule has 0 bridgehead atoms. The second kappa shape index (κ2) is 7.73. The summed E-state index contributed by atoms with van der Waals surface area (Å²) in [6, 6.07) is 6.07. The topological polar surface area (TPSA) is 97.3 Å². The SMILES string of the molecule is CN=C(NCCCc1nnc2ccccn12)NC1CCCn2nc(C)nc21. The van der Waals surface area contributed by atoms with Gasteiger partial charge in [0.25, 0.3) is 0 Å². The third-order valence-electron chi connectivity index (χ3n) is 4.77. The third-order valence-corrected chi connectivity index (χ3v) is 4.77. The predicted molar refractivity (Wildman–Crippen MR) is 103 cm³/mol. The molecule has 0 aromatic carbocycles. The van der Waals surface area contributed by atoms with Crippen molar-refractivity contribution < 1.29 is 0 Å². The van der Waals surface area contributed by atoms with Crippen molar-refractivity contribution >= 4 is 11.6 Å². The Labute approximate surface area is 157 Å². The van der Waals surface area contributed by atoms with Crippen LogP contribution in [0.15, 0.2) is 29.4 Å². The first-order chi connectivity index (χ1) is 13.2. The van der Waals surface area contributed by atoms with Gasteiger partial charge in [-0.15, -0.1) is 10.2 Å². The largest absolute Gasteiger partial charge is 0.356 e. The number of nitrogens with zero attached hydrogens (tertiary/aromatic N) is 7. The van der Waals surface area contributed by atoms with E-state index < -0.39 is 0 Å². The lowest BCUT2D eigenvalue weighted by atomic mass is 10.1. The fraction of sp³-hybridized carbons (Fsp3) is 0.500. The fourth-order valence-electron chi connectivity index (χ4n) is 3.48. The number of rotatable bonds is 5. The van der Waals surface area contributed by atoms with Crippen molar-refractivity contribution in [2.24, 2.45) is 4.99 Å². The summed E-state index contributed by atoms with van der Waals surface area (Å²) in [5.74, 6) is 3.59.